The summed E-state index contributed by atoms with van der Waals surface area (Å²) >= 11 is 0. The first-order chi connectivity index (χ1) is 7.86. The van der Waals surface area contributed by atoms with Crippen molar-refractivity contribution in [2.75, 3.05) is 6.61 Å². The number of ether oxygens (including phenoxy) is 2. The quantitative estimate of drug-likeness (QED) is 0.824. The van der Waals surface area contributed by atoms with E-state index in [0.29, 0.717) is 5.92 Å². The zero-order valence-corrected chi connectivity index (χ0v) is 11.5. The molecule has 0 amide bonds. The molecule has 3 unspecified atom stereocenters. The summed E-state index contributed by atoms with van der Waals surface area (Å²) < 4.78 is 11.7. The van der Waals surface area contributed by atoms with Crippen LogP contribution >= 0.6 is 0 Å². The monoisotopic (exact) mass is 242 g/mol. The van der Waals surface area contributed by atoms with Crippen LogP contribution < -0.4 is 0 Å². The van der Waals surface area contributed by atoms with Crippen LogP contribution in [0.5, 0.6) is 0 Å². The van der Waals surface area contributed by atoms with Gasteiger partial charge in [0.05, 0.1) is 12.2 Å². The van der Waals surface area contributed by atoms with Crippen molar-refractivity contribution in [1.82, 2.24) is 0 Å². The molecule has 1 N–H and O–H groups in total. The average Bonchev–Trinajstić information content (AvgIpc) is 2.36. The third-order valence-corrected chi connectivity index (χ3v) is 4.55. The molecule has 0 aromatic carbocycles. The van der Waals surface area contributed by atoms with Gasteiger partial charge in [-0.05, 0) is 51.4 Å². The molecule has 0 spiro atoms. The van der Waals surface area contributed by atoms with E-state index in [1.54, 1.807) is 0 Å². The molecule has 2 aliphatic rings. The maximum absolute atomic E-state index is 9.70. The molecule has 17 heavy (non-hydrogen) atoms. The van der Waals surface area contributed by atoms with Crippen LogP contribution in [-0.4, -0.2) is 29.7 Å². The van der Waals surface area contributed by atoms with Gasteiger partial charge in [0.2, 0.25) is 0 Å². The van der Waals surface area contributed by atoms with Crippen LogP contribution in [0.3, 0.4) is 0 Å². The van der Waals surface area contributed by atoms with Gasteiger partial charge in [-0.25, -0.2) is 0 Å². The van der Waals surface area contributed by atoms with Crippen LogP contribution in [0.15, 0.2) is 0 Å². The molecular formula is C14H26O3. The average molecular weight is 242 g/mol. The minimum absolute atomic E-state index is 0.000949. The summed E-state index contributed by atoms with van der Waals surface area (Å²) in [5, 5.41) is 9.70. The molecule has 3 heteroatoms. The van der Waals surface area contributed by atoms with Crippen LogP contribution in [0, 0.1) is 11.3 Å². The van der Waals surface area contributed by atoms with E-state index in [4.69, 9.17) is 9.47 Å². The maximum atomic E-state index is 9.70. The molecule has 3 atom stereocenters. The minimum Gasteiger partial charge on any atom is -0.396 e. The smallest absolute Gasteiger partial charge is 0.163 e. The third kappa shape index (κ3) is 2.67. The Labute approximate surface area is 104 Å². The number of hydrogen-bond donors (Lipinski definition) is 1. The maximum Gasteiger partial charge on any atom is 0.163 e. The van der Waals surface area contributed by atoms with E-state index >= 15 is 0 Å². The van der Waals surface area contributed by atoms with Crippen LogP contribution in [0.25, 0.3) is 0 Å². The van der Waals surface area contributed by atoms with Crippen LogP contribution in [0.1, 0.15) is 53.4 Å². The Balaban J connectivity index is 1.99. The largest absolute Gasteiger partial charge is 0.396 e. The molecule has 100 valence electrons. The van der Waals surface area contributed by atoms with Gasteiger partial charge in [-0.1, -0.05) is 13.3 Å². The number of hydrogen-bond acceptors (Lipinski definition) is 3. The zero-order chi connectivity index (χ0) is 12.7. The molecular weight excluding hydrogens is 216 g/mol. The van der Waals surface area contributed by atoms with E-state index in [0.717, 1.165) is 6.42 Å². The first-order valence-electron chi connectivity index (χ1n) is 6.83. The third-order valence-electron chi connectivity index (χ3n) is 4.55. The summed E-state index contributed by atoms with van der Waals surface area (Å²) in [5.41, 5.74) is 0.000949. The van der Waals surface area contributed by atoms with E-state index in [9.17, 15) is 5.11 Å². The van der Waals surface area contributed by atoms with Crippen molar-refractivity contribution in [3.05, 3.63) is 0 Å². The summed E-state index contributed by atoms with van der Waals surface area (Å²) in [6.07, 6.45) is 4.95. The fraction of sp³-hybridized carbons (Fsp3) is 1.00. The van der Waals surface area contributed by atoms with E-state index in [1.807, 2.05) is 13.8 Å². The van der Waals surface area contributed by atoms with Crippen molar-refractivity contribution >= 4 is 0 Å². The number of aliphatic hydroxyl groups is 1. The first kappa shape index (κ1) is 13.3. The van der Waals surface area contributed by atoms with Crippen molar-refractivity contribution in [3.63, 3.8) is 0 Å². The van der Waals surface area contributed by atoms with Crippen molar-refractivity contribution in [1.29, 1.82) is 0 Å². The zero-order valence-electron chi connectivity index (χ0n) is 11.5. The van der Waals surface area contributed by atoms with E-state index in [1.165, 1.54) is 19.3 Å². The van der Waals surface area contributed by atoms with Gasteiger partial charge in [0.15, 0.2) is 5.79 Å². The summed E-state index contributed by atoms with van der Waals surface area (Å²) in [7, 11) is 0. The second-order valence-electron chi connectivity index (χ2n) is 6.52. The Kier molecular flexibility index (Phi) is 3.54. The lowest BCUT2D eigenvalue weighted by atomic mass is 9.64. The molecule has 2 rings (SSSR count). The molecule has 1 saturated carbocycles. The highest BCUT2D eigenvalue weighted by Crippen LogP contribution is 2.46. The van der Waals surface area contributed by atoms with Gasteiger partial charge in [-0.15, -0.1) is 0 Å². The van der Waals surface area contributed by atoms with Gasteiger partial charge in [0.1, 0.15) is 0 Å². The normalized spacial score (nSPS) is 36.5. The van der Waals surface area contributed by atoms with Gasteiger partial charge in [-0.2, -0.15) is 0 Å². The molecule has 1 aliphatic carbocycles. The van der Waals surface area contributed by atoms with Crippen molar-refractivity contribution in [3.8, 4) is 0 Å². The second kappa shape index (κ2) is 4.52. The van der Waals surface area contributed by atoms with Gasteiger partial charge in [-0.3, -0.25) is 0 Å². The van der Waals surface area contributed by atoms with Gasteiger partial charge >= 0.3 is 0 Å². The SMILES string of the molecule is CC1OC(C)(C)OC1CC(C)(CO)C1CCC1. The fourth-order valence-electron chi connectivity index (χ4n) is 3.14. The van der Waals surface area contributed by atoms with Gasteiger partial charge in [0.25, 0.3) is 0 Å². The molecule has 1 heterocycles. The van der Waals surface area contributed by atoms with Crippen molar-refractivity contribution < 1.29 is 14.6 Å². The van der Waals surface area contributed by atoms with E-state index in [2.05, 4.69) is 13.8 Å². The second-order valence-corrected chi connectivity index (χ2v) is 6.52. The molecule has 0 aromatic heterocycles. The summed E-state index contributed by atoms with van der Waals surface area (Å²) in [6, 6.07) is 0. The first-order valence-corrected chi connectivity index (χ1v) is 6.83. The summed E-state index contributed by atoms with van der Waals surface area (Å²) in [5.74, 6) is 0.187. The van der Waals surface area contributed by atoms with E-state index in [-0.39, 0.29) is 24.2 Å². The van der Waals surface area contributed by atoms with Crippen molar-refractivity contribution in [2.24, 2.45) is 11.3 Å². The van der Waals surface area contributed by atoms with Crippen LogP contribution in [0.4, 0.5) is 0 Å². The lowest BCUT2D eigenvalue weighted by molar-refractivity contribution is -0.150. The predicted octanol–water partition coefficient (Wildman–Crippen LogP) is 2.72. The predicted molar refractivity (Wildman–Crippen MR) is 66.6 cm³/mol. The molecule has 1 saturated heterocycles. The highest BCUT2D eigenvalue weighted by Gasteiger charge is 2.45. The topological polar surface area (TPSA) is 38.7 Å². The molecule has 2 fully saturated rings. The molecule has 0 aromatic rings. The molecule has 1 aliphatic heterocycles. The Morgan fingerprint density at radius 3 is 2.29 bits per heavy atom. The van der Waals surface area contributed by atoms with Gasteiger partial charge < -0.3 is 14.6 Å². The summed E-state index contributed by atoms with van der Waals surface area (Å²) in [4.78, 5) is 0. The lowest BCUT2D eigenvalue weighted by Gasteiger charge is -2.43. The van der Waals surface area contributed by atoms with Crippen LogP contribution in [0.2, 0.25) is 0 Å². The van der Waals surface area contributed by atoms with Crippen molar-refractivity contribution in [2.45, 2.75) is 71.4 Å². The summed E-state index contributed by atoms with van der Waals surface area (Å²) in [6.45, 7) is 8.44. The fourth-order valence-corrected chi connectivity index (χ4v) is 3.14. The Morgan fingerprint density at radius 1 is 1.29 bits per heavy atom. The minimum atomic E-state index is -0.472. The Bertz CT molecular complexity index is 273. The molecule has 0 radical (unpaired) electrons. The lowest BCUT2D eigenvalue weighted by Crippen LogP contribution is -2.40. The highest BCUT2D eigenvalue weighted by molar-refractivity contribution is 4.92. The Morgan fingerprint density at radius 2 is 1.94 bits per heavy atom. The van der Waals surface area contributed by atoms with Crippen LogP contribution in [-0.2, 0) is 9.47 Å². The number of aliphatic hydroxyl groups excluding tert-OH is 1. The van der Waals surface area contributed by atoms with Gasteiger partial charge in [0, 0.05) is 6.61 Å². The highest BCUT2D eigenvalue weighted by atomic mass is 16.7. The molecule has 0 bridgehead atoms. The number of rotatable bonds is 4. The Hall–Kier alpha value is -0.120. The molecule has 3 nitrogen and oxygen atoms in total. The van der Waals surface area contributed by atoms with E-state index < -0.39 is 5.79 Å². The standard InChI is InChI=1S/C14H26O3/c1-10-12(17-13(2,3)16-10)8-14(4,9-15)11-6-5-7-11/h10-12,15H,5-9H2,1-4H3.